The Morgan fingerprint density at radius 3 is 1.34 bits per heavy atom. The van der Waals surface area contributed by atoms with E-state index in [1.807, 2.05) is 30.3 Å². The van der Waals surface area contributed by atoms with Crippen LogP contribution in [-0.4, -0.2) is 53.8 Å². The summed E-state index contributed by atoms with van der Waals surface area (Å²) in [7, 11) is 0.0322. The second-order valence-corrected chi connectivity index (χ2v) is 8.22. The van der Waals surface area contributed by atoms with Gasteiger partial charge in [-0.3, -0.25) is 0 Å². The van der Waals surface area contributed by atoms with Gasteiger partial charge >= 0.3 is 23.9 Å². The largest absolute Gasteiger partial charge is 0.478 e. The van der Waals surface area contributed by atoms with Crippen molar-refractivity contribution in [3.63, 3.8) is 0 Å². The van der Waals surface area contributed by atoms with Crippen LogP contribution in [0.15, 0.2) is 66.7 Å². The normalized spacial score (nSPS) is 10.7. The Hall–Kier alpha value is -4.24. The van der Waals surface area contributed by atoms with Gasteiger partial charge in [-0.25, -0.2) is 19.2 Å². The van der Waals surface area contributed by atoms with Crippen LogP contribution in [0.1, 0.15) is 58.1 Å². The van der Waals surface area contributed by atoms with E-state index >= 15 is 0 Å². The molecule has 3 aromatic rings. The van der Waals surface area contributed by atoms with Gasteiger partial charge in [0.05, 0.1) is 31.8 Å². The Kier molecular flexibility index (Phi) is 6.50. The number of carboxylic acid groups (broad SMARTS) is 4. The van der Waals surface area contributed by atoms with Crippen molar-refractivity contribution < 1.29 is 39.6 Å². The summed E-state index contributed by atoms with van der Waals surface area (Å²) >= 11 is 0. The summed E-state index contributed by atoms with van der Waals surface area (Å²) in [5.41, 5.74) is -1.11. The number of carbonyl (C=O) groups is 4. The van der Waals surface area contributed by atoms with Crippen molar-refractivity contribution >= 4 is 38.6 Å². The Morgan fingerprint density at radius 2 is 0.969 bits per heavy atom. The summed E-state index contributed by atoms with van der Waals surface area (Å²) in [4.78, 5) is 46.1. The summed E-state index contributed by atoms with van der Waals surface area (Å²) in [6.45, 7) is 0. The number of rotatable bonds is 8. The Morgan fingerprint density at radius 1 is 0.562 bits per heavy atom. The summed E-state index contributed by atoms with van der Waals surface area (Å²) in [5.74, 6) is -5.57. The highest BCUT2D eigenvalue weighted by Gasteiger charge is 2.24. The molecule has 9 heteroatoms. The number of hydrogen-bond donors (Lipinski definition) is 4. The first-order valence-electron chi connectivity index (χ1n) is 9.21. The molecule has 0 unspecified atom stereocenters. The Bertz CT molecular complexity index is 1140. The predicted molar refractivity (Wildman–Crippen MR) is 114 cm³/mol. The molecule has 0 atom stereocenters. The molecule has 0 fully saturated rings. The van der Waals surface area contributed by atoms with Crippen molar-refractivity contribution in [3.05, 3.63) is 100 Å². The average Bonchev–Trinajstić information content (AvgIpc) is 2.77. The highest BCUT2D eigenvalue weighted by atomic mass is 28.2. The van der Waals surface area contributed by atoms with Gasteiger partial charge < -0.3 is 20.4 Å². The molecule has 8 nitrogen and oxygen atoms in total. The third-order valence-corrected chi connectivity index (χ3v) is 6.38. The maximum atomic E-state index is 11.7. The quantitative estimate of drug-likeness (QED) is 0.384. The minimum Gasteiger partial charge on any atom is -0.478 e. The van der Waals surface area contributed by atoms with Crippen LogP contribution in [0.5, 0.6) is 0 Å². The zero-order valence-electron chi connectivity index (χ0n) is 16.4. The van der Waals surface area contributed by atoms with E-state index in [1.165, 1.54) is 36.4 Å². The molecule has 0 aliphatic carbocycles. The third kappa shape index (κ3) is 4.73. The van der Waals surface area contributed by atoms with Gasteiger partial charge in [-0.1, -0.05) is 47.7 Å². The van der Waals surface area contributed by atoms with Crippen LogP contribution in [0.4, 0.5) is 0 Å². The molecule has 0 aliphatic heterocycles. The number of carboxylic acids is 4. The molecule has 0 amide bonds. The molecular formula is C23H16O8Si. The zero-order valence-corrected chi connectivity index (χ0v) is 17.4. The van der Waals surface area contributed by atoms with Gasteiger partial charge in [-0.2, -0.15) is 0 Å². The second kappa shape index (κ2) is 9.27. The first-order valence-corrected chi connectivity index (χ1v) is 10.3. The highest BCUT2D eigenvalue weighted by molar-refractivity contribution is 6.55. The van der Waals surface area contributed by atoms with Crippen molar-refractivity contribution in [2.45, 2.75) is 5.54 Å². The van der Waals surface area contributed by atoms with Crippen LogP contribution in [0, 0.1) is 0 Å². The third-order valence-electron chi connectivity index (χ3n) is 4.76. The van der Waals surface area contributed by atoms with E-state index < -0.39 is 40.5 Å². The summed E-state index contributed by atoms with van der Waals surface area (Å²) in [5, 5.41) is 38.5. The second-order valence-electron chi connectivity index (χ2n) is 6.77. The summed E-state index contributed by atoms with van der Waals surface area (Å²) < 4.78 is 0. The van der Waals surface area contributed by atoms with Gasteiger partial charge in [0.15, 0.2) is 0 Å². The first-order chi connectivity index (χ1) is 15.2. The van der Waals surface area contributed by atoms with Gasteiger partial charge in [-0.05, 0) is 35.4 Å². The molecule has 160 valence electrons. The standard InChI is InChI=1S/C23H16O8Si/c24-20(25)15-8-6-12(10-17(15)22(28)29)19(32-14-4-2-1-3-5-14)13-7-9-16(21(26)27)18(11-13)23(30)31/h1-11,19H,(H,24,25)(H,26,27)(H,28,29)(H,30,31). The molecule has 0 heterocycles. The molecule has 0 aromatic heterocycles. The lowest BCUT2D eigenvalue weighted by Gasteiger charge is -2.20. The van der Waals surface area contributed by atoms with Gasteiger partial charge in [0.1, 0.15) is 0 Å². The predicted octanol–water partition coefficient (Wildman–Crippen LogP) is 2.60. The van der Waals surface area contributed by atoms with Crippen molar-refractivity contribution in [2.75, 3.05) is 0 Å². The lowest BCUT2D eigenvalue weighted by Crippen LogP contribution is -2.24. The molecule has 0 saturated heterocycles. The van der Waals surface area contributed by atoms with Crippen molar-refractivity contribution in [1.82, 2.24) is 0 Å². The number of benzene rings is 3. The fourth-order valence-electron chi connectivity index (χ4n) is 3.27. The molecule has 3 aromatic carbocycles. The van der Waals surface area contributed by atoms with Crippen LogP contribution < -0.4 is 5.19 Å². The van der Waals surface area contributed by atoms with Crippen LogP contribution >= 0.6 is 0 Å². The topological polar surface area (TPSA) is 149 Å². The van der Waals surface area contributed by atoms with Crippen LogP contribution in [0.3, 0.4) is 0 Å². The van der Waals surface area contributed by atoms with Gasteiger partial charge in [0.2, 0.25) is 0 Å². The Labute approximate surface area is 184 Å². The first kappa shape index (κ1) is 22.4. The Balaban J connectivity index is 2.20. The van der Waals surface area contributed by atoms with E-state index in [0.29, 0.717) is 11.1 Å². The van der Waals surface area contributed by atoms with Crippen molar-refractivity contribution in [2.24, 2.45) is 0 Å². The molecule has 0 aliphatic rings. The lowest BCUT2D eigenvalue weighted by atomic mass is 9.96. The number of aromatic carboxylic acids is 4. The fraction of sp³-hybridized carbons (Fsp3) is 0.0435. The maximum Gasteiger partial charge on any atom is 0.336 e. The van der Waals surface area contributed by atoms with Crippen LogP contribution in [-0.2, 0) is 0 Å². The van der Waals surface area contributed by atoms with Crippen molar-refractivity contribution in [1.29, 1.82) is 0 Å². The summed E-state index contributed by atoms with van der Waals surface area (Å²) in [6.07, 6.45) is 0. The van der Waals surface area contributed by atoms with Gasteiger partial charge in [-0.15, -0.1) is 0 Å². The van der Waals surface area contributed by atoms with Gasteiger partial charge in [0.25, 0.3) is 0 Å². The fourth-order valence-corrected chi connectivity index (χ4v) is 4.68. The SMILES string of the molecule is O=C(O)c1ccc(C([Si]c2ccccc2)c2ccc(C(=O)O)c(C(=O)O)c2)cc1C(=O)O. The molecule has 2 radical (unpaired) electrons. The molecule has 0 saturated carbocycles. The van der Waals surface area contributed by atoms with Crippen molar-refractivity contribution in [3.8, 4) is 0 Å². The molecule has 4 N–H and O–H groups in total. The number of hydrogen-bond acceptors (Lipinski definition) is 4. The zero-order chi connectivity index (χ0) is 23.4. The highest BCUT2D eigenvalue weighted by Crippen LogP contribution is 2.28. The summed E-state index contributed by atoms with van der Waals surface area (Å²) in [6, 6.07) is 17.1. The van der Waals surface area contributed by atoms with E-state index in [2.05, 4.69) is 0 Å². The van der Waals surface area contributed by atoms with Gasteiger partial charge in [0, 0.05) is 5.54 Å². The minimum absolute atomic E-state index is 0.0322. The monoisotopic (exact) mass is 448 g/mol. The molecule has 0 spiro atoms. The molecule has 3 rings (SSSR count). The molecule has 32 heavy (non-hydrogen) atoms. The van der Waals surface area contributed by atoms with E-state index in [1.54, 1.807) is 0 Å². The van der Waals surface area contributed by atoms with E-state index in [4.69, 9.17) is 0 Å². The minimum atomic E-state index is -1.40. The smallest absolute Gasteiger partial charge is 0.336 e. The average molecular weight is 448 g/mol. The van der Waals surface area contributed by atoms with E-state index in [0.717, 1.165) is 5.19 Å². The van der Waals surface area contributed by atoms with E-state index in [-0.39, 0.29) is 20.6 Å². The lowest BCUT2D eigenvalue weighted by molar-refractivity contribution is 0.0651. The van der Waals surface area contributed by atoms with Crippen LogP contribution in [0.2, 0.25) is 0 Å². The van der Waals surface area contributed by atoms with E-state index in [9.17, 15) is 39.6 Å². The molecule has 0 bridgehead atoms. The molecular weight excluding hydrogens is 432 g/mol. The maximum absolute atomic E-state index is 11.7. The van der Waals surface area contributed by atoms with Crippen LogP contribution in [0.25, 0.3) is 0 Å².